The highest BCUT2D eigenvalue weighted by Crippen LogP contribution is 2.43. The Morgan fingerprint density at radius 1 is 0.805 bits per heavy atom. The van der Waals surface area contributed by atoms with Gasteiger partial charge in [0.05, 0.1) is 0 Å². The highest BCUT2D eigenvalue weighted by atomic mass is 16.2. The van der Waals surface area contributed by atoms with Crippen LogP contribution in [0.25, 0.3) is 0 Å². The molecular formula is C32H40N6O3. The number of hydrogen-bond donors (Lipinski definition) is 2. The first-order chi connectivity index (χ1) is 19.9. The Kier molecular flexibility index (Phi) is 6.64. The number of benzene rings is 2. The van der Waals surface area contributed by atoms with E-state index in [-0.39, 0.29) is 24.1 Å². The van der Waals surface area contributed by atoms with Crippen molar-refractivity contribution in [1.29, 1.82) is 0 Å². The van der Waals surface area contributed by atoms with Gasteiger partial charge in [0.25, 0.3) is 5.91 Å². The molecule has 5 aliphatic rings. The average Bonchev–Trinajstić information content (AvgIpc) is 3.55. The molecule has 4 saturated heterocycles. The number of nitrogens with zero attached hydrogens (tertiary/aromatic N) is 4. The minimum absolute atomic E-state index is 0.0963. The van der Waals surface area contributed by atoms with Gasteiger partial charge < -0.3 is 25.3 Å². The molecule has 1 unspecified atom stereocenters. The molecule has 216 valence electrons. The van der Waals surface area contributed by atoms with Crippen LogP contribution in [0.3, 0.4) is 0 Å². The maximum atomic E-state index is 13.3. The molecule has 0 saturated carbocycles. The number of likely N-dealkylation sites (tertiary alicyclic amines) is 1. The molecule has 0 bridgehead atoms. The third kappa shape index (κ3) is 4.94. The first-order valence-electron chi connectivity index (χ1n) is 15.2. The van der Waals surface area contributed by atoms with Gasteiger partial charge in [0.15, 0.2) is 0 Å². The van der Waals surface area contributed by atoms with E-state index in [0.717, 1.165) is 43.1 Å². The van der Waals surface area contributed by atoms with Crippen molar-refractivity contribution in [3.8, 4) is 0 Å². The summed E-state index contributed by atoms with van der Waals surface area (Å²) in [4.78, 5) is 46.6. The molecule has 1 atom stereocenters. The van der Waals surface area contributed by atoms with Gasteiger partial charge in [0.1, 0.15) is 6.04 Å². The van der Waals surface area contributed by atoms with Crippen LogP contribution in [0.15, 0.2) is 42.5 Å². The minimum atomic E-state index is -0.568. The SMILES string of the molecule is Nc1ccc(N2CCC(N3CCC4(CCN(c5ccc6c(c5)C(=O)N(C5CCC(=O)NC5=O)C6)C4)CC3)CC2)cc1. The van der Waals surface area contributed by atoms with E-state index in [1.165, 1.54) is 50.9 Å². The highest BCUT2D eigenvalue weighted by Gasteiger charge is 2.43. The number of nitrogens with two attached hydrogens (primary N) is 1. The van der Waals surface area contributed by atoms with Gasteiger partial charge in [-0.25, -0.2) is 0 Å². The van der Waals surface area contributed by atoms with Crippen molar-refractivity contribution in [2.24, 2.45) is 5.41 Å². The molecule has 2 aromatic rings. The Labute approximate surface area is 241 Å². The van der Waals surface area contributed by atoms with Gasteiger partial charge in [-0.05, 0) is 99.0 Å². The van der Waals surface area contributed by atoms with Crippen molar-refractivity contribution in [2.45, 2.75) is 63.6 Å². The number of carbonyl (C=O) groups is 3. The maximum Gasteiger partial charge on any atom is 0.255 e. The molecule has 41 heavy (non-hydrogen) atoms. The second-order valence-electron chi connectivity index (χ2n) is 12.8. The third-order valence-corrected chi connectivity index (χ3v) is 10.4. The van der Waals surface area contributed by atoms with Crippen LogP contribution in [-0.2, 0) is 16.1 Å². The van der Waals surface area contributed by atoms with Gasteiger partial charge >= 0.3 is 0 Å². The van der Waals surface area contributed by atoms with Crippen LogP contribution in [0.5, 0.6) is 0 Å². The second-order valence-corrected chi connectivity index (χ2v) is 12.8. The number of piperidine rings is 3. The predicted octanol–water partition coefficient (Wildman–Crippen LogP) is 2.99. The van der Waals surface area contributed by atoms with Crippen molar-refractivity contribution in [2.75, 3.05) is 54.8 Å². The number of fused-ring (bicyclic) bond motifs is 1. The van der Waals surface area contributed by atoms with Gasteiger partial charge in [-0.2, -0.15) is 0 Å². The monoisotopic (exact) mass is 556 g/mol. The summed E-state index contributed by atoms with van der Waals surface area (Å²) < 4.78 is 0. The van der Waals surface area contributed by atoms with Gasteiger partial charge in [0, 0.05) is 67.8 Å². The summed E-state index contributed by atoms with van der Waals surface area (Å²) in [5, 5.41) is 2.39. The molecule has 5 aliphatic heterocycles. The fraction of sp³-hybridized carbons (Fsp3) is 0.531. The summed E-state index contributed by atoms with van der Waals surface area (Å²) in [6, 6.07) is 14.6. The summed E-state index contributed by atoms with van der Waals surface area (Å²) in [7, 11) is 0. The largest absolute Gasteiger partial charge is 0.399 e. The topological polar surface area (TPSA) is 102 Å². The predicted molar refractivity (Wildman–Crippen MR) is 159 cm³/mol. The molecule has 2 aromatic carbocycles. The molecule has 0 aromatic heterocycles. The summed E-state index contributed by atoms with van der Waals surface area (Å²) in [6.07, 6.45) is 6.75. The van der Waals surface area contributed by atoms with E-state index >= 15 is 0 Å². The molecule has 9 heteroatoms. The number of hydrogen-bond acceptors (Lipinski definition) is 7. The zero-order valence-electron chi connectivity index (χ0n) is 23.7. The minimum Gasteiger partial charge on any atom is -0.399 e. The van der Waals surface area contributed by atoms with Gasteiger partial charge in [-0.3, -0.25) is 19.7 Å². The summed E-state index contributed by atoms with van der Waals surface area (Å²) in [6.45, 7) is 7.03. The summed E-state index contributed by atoms with van der Waals surface area (Å²) >= 11 is 0. The number of amides is 3. The summed E-state index contributed by atoms with van der Waals surface area (Å²) in [5.41, 5.74) is 11.1. The molecule has 1 spiro atoms. The first-order valence-corrected chi connectivity index (χ1v) is 15.2. The second kappa shape index (κ2) is 10.4. The highest BCUT2D eigenvalue weighted by molar-refractivity contribution is 6.05. The van der Waals surface area contributed by atoms with E-state index in [1.807, 2.05) is 18.2 Å². The lowest BCUT2D eigenvalue weighted by molar-refractivity contribution is -0.136. The van der Waals surface area contributed by atoms with E-state index in [0.29, 0.717) is 30.0 Å². The van der Waals surface area contributed by atoms with Crippen LogP contribution in [0, 0.1) is 5.41 Å². The quantitative estimate of drug-likeness (QED) is 0.441. The Morgan fingerprint density at radius 2 is 1.51 bits per heavy atom. The number of imide groups is 1. The van der Waals surface area contributed by atoms with Crippen LogP contribution >= 0.6 is 0 Å². The zero-order valence-corrected chi connectivity index (χ0v) is 23.7. The van der Waals surface area contributed by atoms with Crippen LogP contribution in [0.4, 0.5) is 17.1 Å². The lowest BCUT2D eigenvalue weighted by Gasteiger charge is -2.45. The molecule has 7 rings (SSSR count). The molecular weight excluding hydrogens is 516 g/mol. The van der Waals surface area contributed by atoms with E-state index in [4.69, 9.17) is 5.73 Å². The fourth-order valence-electron chi connectivity index (χ4n) is 7.84. The Hall–Kier alpha value is -3.59. The van der Waals surface area contributed by atoms with Crippen molar-refractivity contribution in [3.05, 3.63) is 53.6 Å². The third-order valence-electron chi connectivity index (χ3n) is 10.4. The van der Waals surface area contributed by atoms with Gasteiger partial charge in [0.2, 0.25) is 11.8 Å². The fourth-order valence-corrected chi connectivity index (χ4v) is 7.84. The van der Waals surface area contributed by atoms with E-state index in [1.54, 1.807) is 4.90 Å². The normalized spacial score (nSPS) is 25.2. The van der Waals surface area contributed by atoms with Crippen molar-refractivity contribution < 1.29 is 14.4 Å². The molecule has 3 amide bonds. The van der Waals surface area contributed by atoms with Crippen LogP contribution in [0.2, 0.25) is 0 Å². The van der Waals surface area contributed by atoms with Crippen molar-refractivity contribution >= 4 is 34.8 Å². The van der Waals surface area contributed by atoms with E-state index in [9.17, 15) is 14.4 Å². The molecule has 9 nitrogen and oxygen atoms in total. The van der Waals surface area contributed by atoms with Crippen LogP contribution in [0.1, 0.15) is 60.9 Å². The smallest absolute Gasteiger partial charge is 0.255 e. The first kappa shape index (κ1) is 26.3. The molecule has 0 radical (unpaired) electrons. The number of anilines is 3. The molecule has 3 N–H and O–H groups in total. The van der Waals surface area contributed by atoms with E-state index in [2.05, 4.69) is 44.3 Å². The van der Waals surface area contributed by atoms with Crippen molar-refractivity contribution in [3.63, 3.8) is 0 Å². The average molecular weight is 557 g/mol. The van der Waals surface area contributed by atoms with E-state index < -0.39 is 6.04 Å². The number of rotatable bonds is 4. The Bertz CT molecular complexity index is 1340. The Morgan fingerprint density at radius 3 is 2.24 bits per heavy atom. The number of nitrogens with one attached hydrogen (secondary N) is 1. The molecule has 4 fully saturated rings. The number of nitrogen functional groups attached to an aromatic ring is 1. The Balaban J connectivity index is 0.939. The lowest BCUT2D eigenvalue weighted by atomic mass is 9.77. The van der Waals surface area contributed by atoms with Crippen LogP contribution < -0.4 is 20.9 Å². The maximum absolute atomic E-state index is 13.3. The standard InChI is InChI=1S/C32H40N6O3/c33-23-2-5-24(6-3-23)35-14-9-25(10-15-35)36-16-11-32(12-17-36)13-18-37(21-32)26-4-1-22-20-38(31(41)27(22)19-26)28-7-8-29(39)34-30(28)40/h1-6,19,25,28H,7-18,20-21,33H2,(H,34,39,40). The van der Waals surface area contributed by atoms with Gasteiger partial charge in [-0.15, -0.1) is 0 Å². The van der Waals surface area contributed by atoms with Crippen molar-refractivity contribution in [1.82, 2.24) is 15.1 Å². The van der Waals surface area contributed by atoms with Gasteiger partial charge in [-0.1, -0.05) is 6.07 Å². The number of carbonyl (C=O) groups excluding carboxylic acids is 3. The molecule has 0 aliphatic carbocycles. The van der Waals surface area contributed by atoms with Crippen LogP contribution in [-0.4, -0.2) is 78.9 Å². The lowest BCUT2D eigenvalue weighted by Crippen LogP contribution is -2.52. The molecule has 5 heterocycles. The zero-order chi connectivity index (χ0) is 28.1. The summed E-state index contributed by atoms with van der Waals surface area (Å²) in [5.74, 6) is -0.713.